The summed E-state index contributed by atoms with van der Waals surface area (Å²) in [5, 5.41) is 0. The van der Waals surface area contributed by atoms with Gasteiger partial charge < -0.3 is 9.64 Å². The number of halogens is 6. The number of hydrogen-bond acceptors (Lipinski definition) is 4. The van der Waals surface area contributed by atoms with Crippen LogP contribution in [0.4, 0.5) is 32.0 Å². The zero-order valence-electron chi connectivity index (χ0n) is 15.8. The van der Waals surface area contributed by atoms with E-state index in [-0.39, 0.29) is 10.6 Å². The lowest BCUT2D eigenvalue weighted by Gasteiger charge is -2.33. The molecule has 0 aromatic heterocycles. The molecular formula is C20H15F6NO3S. The van der Waals surface area contributed by atoms with Crippen molar-refractivity contribution in [2.75, 3.05) is 11.2 Å². The lowest BCUT2D eigenvalue weighted by molar-refractivity contribution is -0.139. The first-order valence-corrected chi connectivity index (χ1v) is 10.5. The van der Waals surface area contributed by atoms with E-state index >= 15 is 0 Å². The molecule has 0 bridgehead atoms. The third-order valence-corrected chi connectivity index (χ3v) is 5.41. The number of nitrogens with zero attached hydrogens (tertiary/aromatic N) is 1. The molecule has 0 saturated carbocycles. The van der Waals surface area contributed by atoms with E-state index in [1.807, 2.05) is 0 Å². The van der Waals surface area contributed by atoms with E-state index in [1.165, 1.54) is 24.3 Å². The Hall–Kier alpha value is -2.95. The molecule has 0 aliphatic carbocycles. The number of rotatable bonds is 4. The standard InChI is InChI=1S/C20H15F6NO3S/c1-31(28,29)15-6-4-5-14(11-15)27-12-13(19(21,22)23)9-10-18(27)30-17-8-3-2-7-16(17)20(24,25)26/h2-12,18H,1H3. The second-order valence-corrected chi connectivity index (χ2v) is 8.64. The monoisotopic (exact) mass is 463 g/mol. The minimum absolute atomic E-state index is 0.0106. The molecule has 166 valence electrons. The number of sulfone groups is 1. The lowest BCUT2D eigenvalue weighted by atomic mass is 10.1. The van der Waals surface area contributed by atoms with Gasteiger partial charge in [0.1, 0.15) is 5.75 Å². The first-order valence-electron chi connectivity index (χ1n) is 8.65. The summed E-state index contributed by atoms with van der Waals surface area (Å²) < 4.78 is 109. The molecule has 1 aliphatic rings. The molecule has 0 spiro atoms. The number of hydrogen-bond donors (Lipinski definition) is 0. The van der Waals surface area contributed by atoms with Crippen molar-refractivity contribution >= 4 is 15.5 Å². The summed E-state index contributed by atoms with van der Waals surface area (Å²) in [7, 11) is -3.69. The Morgan fingerprint density at radius 2 is 1.61 bits per heavy atom. The van der Waals surface area contributed by atoms with E-state index in [2.05, 4.69) is 0 Å². The minimum atomic E-state index is -4.75. The van der Waals surface area contributed by atoms with Gasteiger partial charge in [-0.05, 0) is 42.5 Å². The Kier molecular flexibility index (Phi) is 5.83. The van der Waals surface area contributed by atoms with E-state index < -0.39 is 45.3 Å². The van der Waals surface area contributed by atoms with Crippen molar-refractivity contribution in [1.82, 2.24) is 0 Å². The van der Waals surface area contributed by atoms with Gasteiger partial charge >= 0.3 is 12.4 Å². The van der Waals surface area contributed by atoms with Gasteiger partial charge in [-0.2, -0.15) is 26.3 Å². The summed E-state index contributed by atoms with van der Waals surface area (Å²) in [6, 6.07) is 9.28. The second-order valence-electron chi connectivity index (χ2n) is 6.62. The number of allylic oxidation sites excluding steroid dienone is 2. The number of alkyl halides is 6. The van der Waals surface area contributed by atoms with Crippen LogP contribution in [0, 0.1) is 0 Å². The smallest absolute Gasteiger partial charge is 0.419 e. The van der Waals surface area contributed by atoms with Gasteiger partial charge in [-0.1, -0.05) is 18.2 Å². The normalized spacial score (nSPS) is 17.5. The topological polar surface area (TPSA) is 46.6 Å². The van der Waals surface area contributed by atoms with Gasteiger partial charge in [0.2, 0.25) is 0 Å². The van der Waals surface area contributed by atoms with Crippen LogP contribution in [0.3, 0.4) is 0 Å². The van der Waals surface area contributed by atoms with Crippen LogP contribution >= 0.6 is 0 Å². The number of benzene rings is 2. The number of para-hydroxylation sites is 1. The molecule has 1 aliphatic heterocycles. The largest absolute Gasteiger partial charge is 0.466 e. The van der Waals surface area contributed by atoms with E-state index in [0.29, 0.717) is 12.3 Å². The lowest BCUT2D eigenvalue weighted by Crippen LogP contribution is -2.38. The van der Waals surface area contributed by atoms with Crippen LogP contribution in [0.5, 0.6) is 5.75 Å². The van der Waals surface area contributed by atoms with Crippen molar-refractivity contribution in [2.45, 2.75) is 23.5 Å². The van der Waals surface area contributed by atoms with Gasteiger partial charge in [0, 0.05) is 18.1 Å². The quantitative estimate of drug-likeness (QED) is 0.575. The van der Waals surface area contributed by atoms with Gasteiger partial charge in [0.25, 0.3) is 0 Å². The van der Waals surface area contributed by atoms with Gasteiger partial charge in [-0.3, -0.25) is 0 Å². The Morgan fingerprint density at radius 1 is 0.935 bits per heavy atom. The minimum Gasteiger partial charge on any atom is -0.466 e. The summed E-state index contributed by atoms with van der Waals surface area (Å²) in [5.41, 5.74) is -2.19. The maximum Gasteiger partial charge on any atom is 0.419 e. The molecule has 0 saturated heterocycles. The first kappa shape index (κ1) is 22.7. The summed E-state index contributed by atoms with van der Waals surface area (Å²) in [6.45, 7) is 0. The molecular weight excluding hydrogens is 448 g/mol. The third-order valence-electron chi connectivity index (χ3n) is 4.30. The third kappa shape index (κ3) is 5.22. The molecule has 0 fully saturated rings. The van der Waals surface area contributed by atoms with Crippen LogP contribution in [-0.4, -0.2) is 27.1 Å². The highest BCUT2D eigenvalue weighted by Gasteiger charge is 2.38. The van der Waals surface area contributed by atoms with Gasteiger partial charge in [-0.25, -0.2) is 8.42 Å². The van der Waals surface area contributed by atoms with E-state index in [0.717, 1.165) is 41.5 Å². The van der Waals surface area contributed by atoms with Crippen molar-refractivity contribution in [1.29, 1.82) is 0 Å². The zero-order chi connectivity index (χ0) is 23.0. The van der Waals surface area contributed by atoms with Crippen molar-refractivity contribution < 1.29 is 39.5 Å². The molecule has 0 radical (unpaired) electrons. The fraction of sp³-hybridized carbons (Fsp3) is 0.200. The Morgan fingerprint density at radius 3 is 2.23 bits per heavy atom. The first-order chi connectivity index (χ1) is 14.3. The van der Waals surface area contributed by atoms with Crippen LogP contribution < -0.4 is 9.64 Å². The molecule has 1 heterocycles. The maximum absolute atomic E-state index is 13.3. The van der Waals surface area contributed by atoms with Gasteiger partial charge in [-0.15, -0.1) is 0 Å². The SMILES string of the molecule is CS(=O)(=O)c1cccc(N2C=C(C(F)(F)F)C=CC2Oc2ccccc2C(F)(F)F)c1. The molecule has 4 nitrogen and oxygen atoms in total. The van der Waals surface area contributed by atoms with Crippen molar-refractivity contribution in [3.8, 4) is 5.75 Å². The van der Waals surface area contributed by atoms with E-state index in [9.17, 15) is 34.8 Å². The Bertz CT molecular complexity index is 1140. The van der Waals surface area contributed by atoms with Gasteiger partial charge in [0.05, 0.1) is 16.0 Å². The maximum atomic E-state index is 13.3. The fourth-order valence-corrected chi connectivity index (χ4v) is 3.50. The van der Waals surface area contributed by atoms with Crippen molar-refractivity contribution in [2.24, 2.45) is 0 Å². The highest BCUT2D eigenvalue weighted by Crippen LogP contribution is 2.38. The Labute approximate surface area is 174 Å². The molecule has 2 aromatic rings. The van der Waals surface area contributed by atoms with Crippen LogP contribution in [0.15, 0.2) is 77.4 Å². The molecule has 11 heteroatoms. The van der Waals surface area contributed by atoms with E-state index in [4.69, 9.17) is 4.74 Å². The summed E-state index contributed by atoms with van der Waals surface area (Å²) in [4.78, 5) is 0.751. The number of ether oxygens (including phenoxy) is 1. The molecule has 1 atom stereocenters. The Balaban J connectivity index is 2.07. The molecule has 3 rings (SSSR count). The highest BCUT2D eigenvalue weighted by atomic mass is 32.2. The predicted molar refractivity (Wildman–Crippen MR) is 101 cm³/mol. The fourth-order valence-electron chi connectivity index (χ4n) is 2.84. The van der Waals surface area contributed by atoms with Gasteiger partial charge in [0.15, 0.2) is 16.1 Å². The summed E-state index contributed by atoms with van der Waals surface area (Å²) >= 11 is 0. The zero-order valence-corrected chi connectivity index (χ0v) is 16.6. The van der Waals surface area contributed by atoms with Crippen LogP contribution in [0.2, 0.25) is 0 Å². The average molecular weight is 463 g/mol. The summed E-state index contributed by atoms with van der Waals surface area (Å²) in [6.07, 6.45) is -7.67. The van der Waals surface area contributed by atoms with Crippen LogP contribution in [-0.2, 0) is 16.0 Å². The average Bonchev–Trinajstić information content (AvgIpc) is 2.66. The molecule has 2 aromatic carbocycles. The molecule has 1 unspecified atom stereocenters. The molecule has 0 N–H and O–H groups in total. The number of anilines is 1. The molecule has 31 heavy (non-hydrogen) atoms. The highest BCUT2D eigenvalue weighted by molar-refractivity contribution is 7.90. The van der Waals surface area contributed by atoms with Crippen LogP contribution in [0.1, 0.15) is 5.56 Å². The summed E-state index contributed by atoms with van der Waals surface area (Å²) in [5.74, 6) is -0.585. The molecule has 0 amide bonds. The van der Waals surface area contributed by atoms with Crippen molar-refractivity contribution in [3.05, 3.63) is 78.0 Å². The van der Waals surface area contributed by atoms with Crippen LogP contribution in [0.25, 0.3) is 0 Å². The van der Waals surface area contributed by atoms with Crippen molar-refractivity contribution in [3.63, 3.8) is 0 Å². The second kappa shape index (κ2) is 7.95. The van der Waals surface area contributed by atoms with E-state index in [1.54, 1.807) is 0 Å². The predicted octanol–water partition coefficient (Wildman–Crippen LogP) is 5.34.